The topological polar surface area (TPSA) is 97.6 Å². The van der Waals surface area contributed by atoms with Crippen molar-refractivity contribution in [3.8, 4) is 6.07 Å². The fraction of sp³-hybridized carbons (Fsp3) is 0.316. The maximum Gasteiger partial charge on any atom is 0.253 e. The van der Waals surface area contributed by atoms with E-state index in [1.54, 1.807) is 23.2 Å². The molecule has 9 heteroatoms. The summed E-state index contributed by atoms with van der Waals surface area (Å²) >= 11 is 0. The summed E-state index contributed by atoms with van der Waals surface area (Å²) in [7, 11) is -0.589. The molecule has 1 amide bonds. The van der Waals surface area contributed by atoms with Crippen LogP contribution in [-0.2, 0) is 10.0 Å². The summed E-state index contributed by atoms with van der Waals surface area (Å²) in [5.74, 6) is 0.491. The Labute approximate surface area is 164 Å². The molecule has 0 aliphatic carbocycles. The number of nitriles is 1. The molecule has 0 bridgehead atoms. The average Bonchev–Trinajstić information content (AvgIpc) is 2.73. The van der Waals surface area contributed by atoms with E-state index in [0.29, 0.717) is 43.1 Å². The quantitative estimate of drug-likeness (QED) is 0.765. The Hall–Kier alpha value is -2.96. The number of anilines is 1. The second-order valence-corrected chi connectivity index (χ2v) is 8.73. The van der Waals surface area contributed by atoms with Crippen LogP contribution in [0.2, 0.25) is 0 Å². The van der Waals surface area contributed by atoms with Crippen molar-refractivity contribution >= 4 is 21.7 Å². The van der Waals surface area contributed by atoms with Gasteiger partial charge in [-0.3, -0.25) is 4.79 Å². The van der Waals surface area contributed by atoms with Crippen molar-refractivity contribution in [2.75, 3.05) is 45.2 Å². The molecule has 2 aromatic rings. The van der Waals surface area contributed by atoms with Gasteiger partial charge < -0.3 is 9.80 Å². The molecule has 1 aliphatic heterocycles. The molecule has 146 valence electrons. The summed E-state index contributed by atoms with van der Waals surface area (Å²) in [6, 6.07) is 11.6. The van der Waals surface area contributed by atoms with Crippen LogP contribution in [-0.4, -0.2) is 68.8 Å². The van der Waals surface area contributed by atoms with Crippen LogP contribution >= 0.6 is 0 Å². The Bertz CT molecular complexity index is 1000. The first-order valence-corrected chi connectivity index (χ1v) is 10.2. The monoisotopic (exact) mass is 399 g/mol. The van der Waals surface area contributed by atoms with Crippen LogP contribution in [0.25, 0.3) is 0 Å². The molecule has 2 heterocycles. The predicted molar refractivity (Wildman–Crippen MR) is 104 cm³/mol. The lowest BCUT2D eigenvalue weighted by atomic mass is 10.1. The van der Waals surface area contributed by atoms with Gasteiger partial charge in [-0.1, -0.05) is 0 Å². The van der Waals surface area contributed by atoms with E-state index in [0.717, 1.165) is 4.31 Å². The van der Waals surface area contributed by atoms with Gasteiger partial charge in [0, 0.05) is 52.0 Å². The van der Waals surface area contributed by atoms with Crippen LogP contribution in [0.4, 0.5) is 5.82 Å². The normalized spacial score (nSPS) is 14.8. The van der Waals surface area contributed by atoms with E-state index in [2.05, 4.69) is 11.1 Å². The maximum atomic E-state index is 12.7. The highest BCUT2D eigenvalue weighted by atomic mass is 32.2. The van der Waals surface area contributed by atoms with Crippen molar-refractivity contribution in [1.82, 2.24) is 14.2 Å². The number of carbonyl (C=O) groups is 1. The van der Waals surface area contributed by atoms with E-state index in [-0.39, 0.29) is 10.8 Å². The number of hydrogen-bond acceptors (Lipinski definition) is 6. The van der Waals surface area contributed by atoms with Crippen molar-refractivity contribution in [1.29, 1.82) is 5.26 Å². The second kappa shape index (κ2) is 7.96. The van der Waals surface area contributed by atoms with Crippen molar-refractivity contribution in [2.24, 2.45) is 0 Å². The summed E-state index contributed by atoms with van der Waals surface area (Å²) in [5, 5.41) is 9.22. The molecule has 1 aromatic heterocycles. The third kappa shape index (κ3) is 3.83. The van der Waals surface area contributed by atoms with Gasteiger partial charge in [-0.2, -0.15) is 5.26 Å². The van der Waals surface area contributed by atoms with Gasteiger partial charge in [0.25, 0.3) is 5.91 Å². The molecule has 0 radical (unpaired) electrons. The first kappa shape index (κ1) is 19.8. The number of hydrogen-bond donors (Lipinski definition) is 0. The van der Waals surface area contributed by atoms with Gasteiger partial charge in [0.15, 0.2) is 0 Å². The molecule has 0 saturated carbocycles. The summed E-state index contributed by atoms with van der Waals surface area (Å²) < 4.78 is 25.4. The molecule has 8 nitrogen and oxygen atoms in total. The van der Waals surface area contributed by atoms with E-state index < -0.39 is 10.0 Å². The highest BCUT2D eigenvalue weighted by molar-refractivity contribution is 7.89. The molecule has 0 unspecified atom stereocenters. The Morgan fingerprint density at radius 3 is 2.32 bits per heavy atom. The van der Waals surface area contributed by atoms with Gasteiger partial charge in [-0.25, -0.2) is 17.7 Å². The van der Waals surface area contributed by atoms with Gasteiger partial charge >= 0.3 is 0 Å². The number of rotatable bonds is 4. The van der Waals surface area contributed by atoms with Gasteiger partial charge in [0.2, 0.25) is 10.0 Å². The van der Waals surface area contributed by atoms with Crippen LogP contribution in [0.3, 0.4) is 0 Å². The molecule has 0 spiro atoms. The molecule has 0 atom stereocenters. The number of carbonyl (C=O) groups excluding carboxylic acids is 1. The lowest BCUT2D eigenvalue weighted by molar-refractivity contribution is 0.0746. The van der Waals surface area contributed by atoms with Crippen LogP contribution in [0, 0.1) is 11.3 Å². The zero-order valence-corrected chi connectivity index (χ0v) is 16.6. The van der Waals surface area contributed by atoms with Gasteiger partial charge in [-0.15, -0.1) is 0 Å². The zero-order valence-electron chi connectivity index (χ0n) is 15.7. The zero-order chi connectivity index (χ0) is 20.3. The van der Waals surface area contributed by atoms with Crippen molar-refractivity contribution in [2.45, 2.75) is 4.90 Å². The minimum Gasteiger partial charge on any atom is -0.352 e. The number of piperazine rings is 1. The minimum absolute atomic E-state index is 0.144. The average molecular weight is 399 g/mol. The van der Waals surface area contributed by atoms with Crippen molar-refractivity contribution < 1.29 is 13.2 Å². The third-order valence-corrected chi connectivity index (χ3v) is 6.48. The van der Waals surface area contributed by atoms with Crippen LogP contribution in [0.5, 0.6) is 0 Å². The lowest BCUT2D eigenvalue weighted by Gasteiger charge is -2.35. The van der Waals surface area contributed by atoms with Gasteiger partial charge in [0.05, 0.1) is 10.5 Å². The Balaban J connectivity index is 1.68. The van der Waals surface area contributed by atoms with E-state index in [4.69, 9.17) is 0 Å². The van der Waals surface area contributed by atoms with E-state index in [1.165, 1.54) is 38.4 Å². The third-order valence-electron chi connectivity index (χ3n) is 4.65. The van der Waals surface area contributed by atoms with E-state index >= 15 is 0 Å². The first-order valence-electron chi connectivity index (χ1n) is 8.76. The number of benzene rings is 1. The molecular weight excluding hydrogens is 378 g/mol. The molecule has 1 saturated heterocycles. The number of aromatic nitrogens is 1. The highest BCUT2D eigenvalue weighted by Gasteiger charge is 2.25. The summed E-state index contributed by atoms with van der Waals surface area (Å²) in [4.78, 5) is 20.9. The van der Waals surface area contributed by atoms with Crippen molar-refractivity contribution in [3.05, 3.63) is 53.7 Å². The first-order chi connectivity index (χ1) is 13.3. The number of sulfonamides is 1. The molecule has 0 N–H and O–H groups in total. The Kier molecular flexibility index (Phi) is 5.63. The second-order valence-electron chi connectivity index (χ2n) is 6.58. The van der Waals surface area contributed by atoms with Crippen LogP contribution in [0.1, 0.15) is 15.9 Å². The highest BCUT2D eigenvalue weighted by Crippen LogP contribution is 2.20. The molecule has 1 aromatic carbocycles. The molecule has 28 heavy (non-hydrogen) atoms. The summed E-state index contributed by atoms with van der Waals surface area (Å²) in [6.07, 6.45) is 1.65. The SMILES string of the molecule is CN(C)S(=O)(=O)c1ccc(C(=O)N2CCN(c3ncccc3C#N)CC2)cc1. The fourth-order valence-electron chi connectivity index (χ4n) is 3.02. The Morgan fingerprint density at radius 1 is 1.11 bits per heavy atom. The maximum absolute atomic E-state index is 12.7. The predicted octanol–water partition coefficient (Wildman–Crippen LogP) is 1.17. The lowest BCUT2D eigenvalue weighted by Crippen LogP contribution is -2.49. The smallest absolute Gasteiger partial charge is 0.253 e. The largest absolute Gasteiger partial charge is 0.352 e. The van der Waals surface area contributed by atoms with Gasteiger partial charge in [0.1, 0.15) is 11.9 Å². The van der Waals surface area contributed by atoms with Crippen LogP contribution < -0.4 is 4.90 Å². The molecule has 1 fully saturated rings. The summed E-state index contributed by atoms with van der Waals surface area (Å²) in [5.41, 5.74) is 0.960. The number of pyridine rings is 1. The minimum atomic E-state index is -3.52. The van der Waals surface area contributed by atoms with Crippen molar-refractivity contribution in [3.63, 3.8) is 0 Å². The molecule has 1 aliphatic rings. The fourth-order valence-corrected chi connectivity index (χ4v) is 3.92. The standard InChI is InChI=1S/C19H21N5O3S/c1-22(2)28(26,27)17-7-5-15(6-8-17)19(25)24-12-10-23(11-13-24)18-16(14-20)4-3-9-21-18/h3-9H,10-13H2,1-2H3. The molecular formula is C19H21N5O3S. The number of amides is 1. The van der Waals surface area contributed by atoms with E-state index in [9.17, 15) is 18.5 Å². The summed E-state index contributed by atoms with van der Waals surface area (Å²) in [6.45, 7) is 2.14. The van der Waals surface area contributed by atoms with Crippen LogP contribution in [0.15, 0.2) is 47.5 Å². The Morgan fingerprint density at radius 2 is 1.75 bits per heavy atom. The molecule has 3 rings (SSSR count). The van der Waals surface area contributed by atoms with E-state index in [1.807, 2.05) is 4.90 Å². The van der Waals surface area contributed by atoms with Gasteiger partial charge in [-0.05, 0) is 36.4 Å². The number of nitrogens with zero attached hydrogens (tertiary/aromatic N) is 5.